The molecule has 2 aromatic carbocycles. The molecule has 9 heteroatoms. The minimum atomic E-state index is -0.301. The first-order chi connectivity index (χ1) is 17.5. The number of hydrogen-bond acceptors (Lipinski definition) is 8. The Hall–Kier alpha value is -4.11. The average molecular weight is 499 g/mol. The number of carbonyl (C=O) groups excluding carboxylic acids is 1. The fourth-order valence-electron chi connectivity index (χ4n) is 4.03. The van der Waals surface area contributed by atoms with E-state index >= 15 is 0 Å². The summed E-state index contributed by atoms with van der Waals surface area (Å²) in [5.41, 5.74) is 7.82. The number of rotatable bonds is 8. The zero-order valence-electron chi connectivity index (χ0n) is 20.3. The van der Waals surface area contributed by atoms with Crippen molar-refractivity contribution in [3.63, 3.8) is 0 Å². The van der Waals surface area contributed by atoms with E-state index in [1.165, 1.54) is 0 Å². The van der Waals surface area contributed by atoms with E-state index in [4.69, 9.17) is 4.74 Å². The molecule has 0 aliphatic rings. The standard InChI is InChI=1S/C27H26N6O2S/c1-4-35-27(34)15-33-14-22(13-29-33)20-7-5-6-19(10-20)17(2)30-26-12-24(31-18(3)32-26)21-8-9-23-25(11-21)36-16-28-23/h5-14,16-17H,4,15H2,1-3H3,(H,30,31,32). The molecule has 1 unspecified atom stereocenters. The number of aromatic nitrogens is 5. The highest BCUT2D eigenvalue weighted by molar-refractivity contribution is 7.16. The summed E-state index contributed by atoms with van der Waals surface area (Å²) in [4.78, 5) is 25.4. The van der Waals surface area contributed by atoms with E-state index in [9.17, 15) is 4.79 Å². The molecule has 5 aromatic rings. The minimum absolute atomic E-state index is 0.00523. The van der Waals surface area contributed by atoms with Crippen molar-refractivity contribution in [3.05, 3.63) is 77.8 Å². The Morgan fingerprint density at radius 3 is 2.86 bits per heavy atom. The van der Waals surface area contributed by atoms with Crippen LogP contribution in [0.25, 0.3) is 32.6 Å². The molecule has 0 aliphatic heterocycles. The smallest absolute Gasteiger partial charge is 0.327 e. The average Bonchev–Trinajstić information content (AvgIpc) is 3.53. The second-order valence-electron chi connectivity index (χ2n) is 8.44. The second-order valence-corrected chi connectivity index (χ2v) is 9.33. The van der Waals surface area contributed by atoms with Crippen LogP contribution in [0.5, 0.6) is 0 Å². The molecule has 1 N–H and O–H groups in total. The summed E-state index contributed by atoms with van der Waals surface area (Å²) in [6, 6.07) is 16.4. The number of anilines is 1. The van der Waals surface area contributed by atoms with Crippen LogP contribution < -0.4 is 5.32 Å². The molecule has 1 atom stereocenters. The number of fused-ring (bicyclic) bond motifs is 1. The topological polar surface area (TPSA) is 94.8 Å². The summed E-state index contributed by atoms with van der Waals surface area (Å²) >= 11 is 1.62. The first-order valence-corrected chi connectivity index (χ1v) is 12.6. The Kier molecular flexibility index (Phi) is 6.73. The first-order valence-electron chi connectivity index (χ1n) is 11.7. The molecular weight excluding hydrogens is 472 g/mol. The van der Waals surface area contributed by atoms with Gasteiger partial charge in [0.2, 0.25) is 0 Å². The number of esters is 1. The predicted molar refractivity (Wildman–Crippen MR) is 142 cm³/mol. The molecule has 0 amide bonds. The highest BCUT2D eigenvalue weighted by Gasteiger charge is 2.12. The molecule has 3 aromatic heterocycles. The van der Waals surface area contributed by atoms with E-state index in [1.54, 1.807) is 29.1 Å². The molecule has 0 saturated heterocycles. The monoisotopic (exact) mass is 498 g/mol. The molecule has 0 radical (unpaired) electrons. The van der Waals surface area contributed by atoms with Crippen molar-refractivity contribution in [2.45, 2.75) is 33.4 Å². The zero-order chi connectivity index (χ0) is 25.1. The van der Waals surface area contributed by atoms with Gasteiger partial charge in [-0.3, -0.25) is 9.48 Å². The van der Waals surface area contributed by atoms with Gasteiger partial charge in [-0.15, -0.1) is 11.3 Å². The Morgan fingerprint density at radius 2 is 2.00 bits per heavy atom. The molecular formula is C27H26N6O2S. The summed E-state index contributed by atoms with van der Waals surface area (Å²) in [5.74, 6) is 1.17. The molecule has 0 bridgehead atoms. The number of nitrogens with one attached hydrogen (secondary N) is 1. The Morgan fingerprint density at radius 1 is 1.11 bits per heavy atom. The SMILES string of the molecule is CCOC(=O)Cn1cc(-c2cccc(C(C)Nc3cc(-c4ccc5ncsc5c4)nc(C)n3)c2)cn1. The van der Waals surface area contributed by atoms with Gasteiger partial charge in [0.1, 0.15) is 18.2 Å². The zero-order valence-corrected chi connectivity index (χ0v) is 21.1. The summed E-state index contributed by atoms with van der Waals surface area (Å²) in [5, 5.41) is 7.82. The van der Waals surface area contributed by atoms with Crippen molar-refractivity contribution < 1.29 is 9.53 Å². The number of nitrogens with zero attached hydrogens (tertiary/aromatic N) is 5. The van der Waals surface area contributed by atoms with E-state index in [0.29, 0.717) is 12.4 Å². The molecule has 5 rings (SSSR count). The lowest BCUT2D eigenvalue weighted by atomic mass is 10.0. The van der Waals surface area contributed by atoms with Crippen molar-refractivity contribution in [2.75, 3.05) is 11.9 Å². The molecule has 0 saturated carbocycles. The van der Waals surface area contributed by atoms with Gasteiger partial charge in [0.25, 0.3) is 0 Å². The van der Waals surface area contributed by atoms with Crippen LogP contribution >= 0.6 is 11.3 Å². The normalized spacial score (nSPS) is 12.0. The number of aryl methyl sites for hydroxylation is 1. The molecule has 0 spiro atoms. The molecule has 0 aliphatic carbocycles. The third-order valence-electron chi connectivity index (χ3n) is 5.78. The van der Waals surface area contributed by atoms with E-state index in [2.05, 4.69) is 50.5 Å². The maximum atomic E-state index is 11.8. The van der Waals surface area contributed by atoms with Crippen LogP contribution in [-0.4, -0.2) is 37.3 Å². The number of thiazole rings is 1. The van der Waals surface area contributed by atoms with Gasteiger partial charge in [0, 0.05) is 29.4 Å². The predicted octanol–water partition coefficient (Wildman–Crippen LogP) is 5.66. The van der Waals surface area contributed by atoms with Gasteiger partial charge in [0.15, 0.2) is 0 Å². The van der Waals surface area contributed by atoms with Crippen LogP contribution in [0.2, 0.25) is 0 Å². The third-order valence-corrected chi connectivity index (χ3v) is 6.57. The highest BCUT2D eigenvalue weighted by atomic mass is 32.1. The first kappa shape index (κ1) is 23.6. The van der Waals surface area contributed by atoms with Gasteiger partial charge in [-0.05, 0) is 50.1 Å². The summed E-state index contributed by atoms with van der Waals surface area (Å²) in [6.07, 6.45) is 3.62. The summed E-state index contributed by atoms with van der Waals surface area (Å²) in [7, 11) is 0. The molecule has 182 valence electrons. The highest BCUT2D eigenvalue weighted by Crippen LogP contribution is 2.28. The molecule has 0 fully saturated rings. The van der Waals surface area contributed by atoms with Crippen LogP contribution in [0.3, 0.4) is 0 Å². The van der Waals surface area contributed by atoms with Gasteiger partial charge >= 0.3 is 5.97 Å². The fourth-order valence-corrected chi connectivity index (χ4v) is 4.75. The summed E-state index contributed by atoms with van der Waals surface area (Å²) in [6.45, 7) is 6.24. The van der Waals surface area contributed by atoms with Gasteiger partial charge in [-0.1, -0.05) is 24.3 Å². The van der Waals surface area contributed by atoms with E-state index in [0.717, 1.165) is 44.0 Å². The van der Waals surface area contributed by atoms with Gasteiger partial charge < -0.3 is 10.1 Å². The fraction of sp³-hybridized carbons (Fsp3) is 0.222. The van der Waals surface area contributed by atoms with Gasteiger partial charge in [-0.25, -0.2) is 15.0 Å². The number of ether oxygens (including phenoxy) is 1. The van der Waals surface area contributed by atoms with E-state index in [1.807, 2.05) is 49.0 Å². The largest absolute Gasteiger partial charge is 0.465 e. The number of carbonyl (C=O) groups is 1. The van der Waals surface area contributed by atoms with Gasteiger partial charge in [0.05, 0.1) is 34.2 Å². The maximum Gasteiger partial charge on any atom is 0.327 e. The Bertz CT molecular complexity index is 1530. The summed E-state index contributed by atoms with van der Waals surface area (Å²) < 4.78 is 7.73. The number of benzene rings is 2. The molecule has 36 heavy (non-hydrogen) atoms. The van der Waals surface area contributed by atoms with E-state index < -0.39 is 0 Å². The quantitative estimate of drug-likeness (QED) is 0.276. The third kappa shape index (κ3) is 5.26. The lowest BCUT2D eigenvalue weighted by Crippen LogP contribution is -2.13. The lowest BCUT2D eigenvalue weighted by Gasteiger charge is -2.17. The minimum Gasteiger partial charge on any atom is -0.465 e. The van der Waals surface area contributed by atoms with E-state index in [-0.39, 0.29) is 18.6 Å². The second kappa shape index (κ2) is 10.2. The van der Waals surface area contributed by atoms with Crippen molar-refractivity contribution in [3.8, 4) is 22.4 Å². The van der Waals surface area contributed by atoms with Crippen molar-refractivity contribution in [1.29, 1.82) is 0 Å². The van der Waals surface area contributed by atoms with Crippen LogP contribution in [0.4, 0.5) is 5.82 Å². The van der Waals surface area contributed by atoms with Crippen LogP contribution in [-0.2, 0) is 16.1 Å². The van der Waals surface area contributed by atoms with Crippen molar-refractivity contribution >= 4 is 33.3 Å². The molecule has 8 nitrogen and oxygen atoms in total. The Balaban J connectivity index is 1.34. The van der Waals surface area contributed by atoms with Crippen LogP contribution in [0.1, 0.15) is 31.3 Å². The van der Waals surface area contributed by atoms with Crippen molar-refractivity contribution in [2.24, 2.45) is 0 Å². The lowest BCUT2D eigenvalue weighted by molar-refractivity contribution is -0.144. The van der Waals surface area contributed by atoms with Crippen molar-refractivity contribution in [1.82, 2.24) is 24.7 Å². The van der Waals surface area contributed by atoms with Crippen LogP contribution in [0, 0.1) is 6.92 Å². The Labute approximate surface area is 213 Å². The molecule has 3 heterocycles. The number of hydrogen-bond donors (Lipinski definition) is 1. The van der Waals surface area contributed by atoms with Gasteiger partial charge in [-0.2, -0.15) is 5.10 Å². The maximum absolute atomic E-state index is 11.8. The van der Waals surface area contributed by atoms with Crippen LogP contribution in [0.15, 0.2) is 66.4 Å².